The van der Waals surface area contributed by atoms with Gasteiger partial charge in [-0.2, -0.15) is 0 Å². The van der Waals surface area contributed by atoms with Crippen LogP contribution in [0.15, 0.2) is 60.7 Å². The van der Waals surface area contributed by atoms with Crippen molar-refractivity contribution in [2.24, 2.45) is 0 Å². The molecule has 3 aromatic rings. The minimum Gasteiger partial charge on any atom is -0.494 e. The van der Waals surface area contributed by atoms with E-state index in [2.05, 4.69) is 10.6 Å². The van der Waals surface area contributed by atoms with Crippen LogP contribution < -0.4 is 34.3 Å². The summed E-state index contributed by atoms with van der Waals surface area (Å²) in [5, 5.41) is 5.61. The van der Waals surface area contributed by atoms with Crippen LogP contribution in [0.3, 0.4) is 0 Å². The van der Waals surface area contributed by atoms with Crippen molar-refractivity contribution >= 4 is 23.2 Å². The monoisotopic (exact) mass is 494 g/mol. The van der Waals surface area contributed by atoms with Crippen molar-refractivity contribution in [3.63, 3.8) is 0 Å². The minimum atomic E-state index is -0.869. The minimum absolute atomic E-state index is 0.256. The molecule has 0 bridgehead atoms. The molecule has 2 N–H and O–H groups in total. The predicted octanol–water partition coefficient (Wildman–Crippen LogP) is 4.77. The zero-order valence-electron chi connectivity index (χ0n) is 20.9. The Morgan fingerprint density at radius 2 is 1.44 bits per heavy atom. The molecule has 0 aromatic heterocycles. The summed E-state index contributed by atoms with van der Waals surface area (Å²) in [7, 11) is 4.48. The molecule has 0 saturated carbocycles. The number of carbonyl (C=O) groups excluding carboxylic acids is 2. The summed E-state index contributed by atoms with van der Waals surface area (Å²) >= 11 is 0. The van der Waals surface area contributed by atoms with Crippen LogP contribution >= 0.6 is 0 Å². The quantitative estimate of drug-likeness (QED) is 0.396. The molecule has 36 heavy (non-hydrogen) atoms. The number of anilines is 2. The zero-order valence-corrected chi connectivity index (χ0v) is 20.9. The van der Waals surface area contributed by atoms with Crippen LogP contribution in [0.4, 0.5) is 11.4 Å². The van der Waals surface area contributed by atoms with Gasteiger partial charge in [0.15, 0.2) is 17.6 Å². The summed E-state index contributed by atoms with van der Waals surface area (Å²) in [6, 6.07) is 16.9. The van der Waals surface area contributed by atoms with E-state index in [-0.39, 0.29) is 17.2 Å². The Morgan fingerprint density at radius 1 is 0.806 bits per heavy atom. The van der Waals surface area contributed by atoms with E-state index in [0.717, 1.165) is 0 Å². The van der Waals surface area contributed by atoms with Crippen LogP contribution in [-0.2, 0) is 4.79 Å². The molecule has 0 radical (unpaired) electrons. The smallest absolute Gasteiger partial charge is 0.265 e. The number of hydrogen-bond acceptors (Lipinski definition) is 7. The Labute approximate surface area is 210 Å². The maximum Gasteiger partial charge on any atom is 0.265 e. The maximum absolute atomic E-state index is 13.1. The van der Waals surface area contributed by atoms with Crippen LogP contribution in [0.2, 0.25) is 0 Å². The van der Waals surface area contributed by atoms with Gasteiger partial charge in [-0.3, -0.25) is 9.59 Å². The second-order valence-electron chi connectivity index (χ2n) is 7.57. The number of amides is 2. The van der Waals surface area contributed by atoms with E-state index in [9.17, 15) is 9.59 Å². The number of para-hydroxylation sites is 1. The molecule has 0 spiro atoms. The van der Waals surface area contributed by atoms with E-state index in [4.69, 9.17) is 23.7 Å². The third-order valence-corrected chi connectivity index (χ3v) is 5.16. The number of methoxy groups -OCH3 is 3. The molecule has 9 nitrogen and oxygen atoms in total. The largest absolute Gasteiger partial charge is 0.494 e. The third kappa shape index (κ3) is 6.38. The van der Waals surface area contributed by atoms with Gasteiger partial charge in [-0.1, -0.05) is 12.1 Å². The number of nitrogens with one attached hydrogen (secondary N) is 2. The lowest BCUT2D eigenvalue weighted by atomic mass is 10.1. The highest BCUT2D eigenvalue weighted by molar-refractivity contribution is 6.06. The van der Waals surface area contributed by atoms with Crippen LogP contribution in [0.5, 0.6) is 28.7 Å². The Hall–Kier alpha value is -4.40. The lowest BCUT2D eigenvalue weighted by Gasteiger charge is -2.18. The molecule has 0 saturated heterocycles. The highest BCUT2D eigenvalue weighted by Crippen LogP contribution is 2.40. The predicted molar refractivity (Wildman–Crippen MR) is 137 cm³/mol. The van der Waals surface area contributed by atoms with Crippen molar-refractivity contribution in [2.45, 2.75) is 20.0 Å². The highest BCUT2D eigenvalue weighted by atomic mass is 16.5. The number of carbonyl (C=O) groups is 2. The molecule has 0 heterocycles. The molecular weight excluding hydrogens is 464 g/mol. The first-order valence-electron chi connectivity index (χ1n) is 11.3. The van der Waals surface area contributed by atoms with Crippen molar-refractivity contribution < 1.29 is 33.3 Å². The highest BCUT2D eigenvalue weighted by Gasteiger charge is 2.20. The maximum atomic E-state index is 13.1. The van der Waals surface area contributed by atoms with E-state index in [0.29, 0.717) is 41.0 Å². The van der Waals surface area contributed by atoms with Gasteiger partial charge in [-0.15, -0.1) is 0 Å². The average molecular weight is 495 g/mol. The van der Waals surface area contributed by atoms with Crippen LogP contribution in [0.1, 0.15) is 24.2 Å². The van der Waals surface area contributed by atoms with E-state index < -0.39 is 12.0 Å². The number of rotatable bonds is 11. The molecular formula is C27H30N2O7. The first-order chi connectivity index (χ1) is 17.4. The molecule has 0 fully saturated rings. The van der Waals surface area contributed by atoms with E-state index in [1.54, 1.807) is 67.6 Å². The van der Waals surface area contributed by atoms with Gasteiger partial charge in [0.1, 0.15) is 11.5 Å². The fourth-order valence-corrected chi connectivity index (χ4v) is 3.40. The molecule has 0 aliphatic heterocycles. The fourth-order valence-electron chi connectivity index (χ4n) is 3.40. The summed E-state index contributed by atoms with van der Waals surface area (Å²) in [5.74, 6) is 1.39. The first-order valence-corrected chi connectivity index (χ1v) is 11.3. The van der Waals surface area contributed by atoms with Crippen LogP contribution in [-0.4, -0.2) is 45.9 Å². The van der Waals surface area contributed by atoms with Gasteiger partial charge in [0.2, 0.25) is 5.75 Å². The van der Waals surface area contributed by atoms with Gasteiger partial charge >= 0.3 is 0 Å². The molecule has 3 rings (SSSR count). The molecule has 190 valence electrons. The molecule has 0 aliphatic rings. The van der Waals surface area contributed by atoms with Crippen molar-refractivity contribution in [1.82, 2.24) is 0 Å². The molecule has 9 heteroatoms. The van der Waals surface area contributed by atoms with Crippen LogP contribution in [0.25, 0.3) is 0 Å². The second kappa shape index (κ2) is 12.3. The number of benzene rings is 3. The summed E-state index contributed by atoms with van der Waals surface area (Å²) in [6.07, 6.45) is -0.869. The summed E-state index contributed by atoms with van der Waals surface area (Å²) < 4.78 is 27.3. The van der Waals surface area contributed by atoms with Crippen molar-refractivity contribution in [1.29, 1.82) is 0 Å². The lowest BCUT2D eigenvalue weighted by Crippen LogP contribution is -2.30. The Balaban J connectivity index is 1.72. The van der Waals surface area contributed by atoms with Gasteiger partial charge in [0, 0.05) is 23.5 Å². The second-order valence-corrected chi connectivity index (χ2v) is 7.57. The van der Waals surface area contributed by atoms with Crippen molar-refractivity contribution in [3.05, 3.63) is 66.2 Å². The molecule has 1 atom stereocenters. The van der Waals surface area contributed by atoms with Crippen molar-refractivity contribution in [3.8, 4) is 28.7 Å². The molecule has 3 aromatic carbocycles. The van der Waals surface area contributed by atoms with Crippen LogP contribution in [0, 0.1) is 0 Å². The van der Waals surface area contributed by atoms with Gasteiger partial charge in [0.05, 0.1) is 33.5 Å². The SMILES string of the molecule is CCOc1ccc(NC(=O)C(C)Oc2ccccc2C(=O)Nc2cc(OC)c(OC)c(OC)c2)cc1. The van der Waals surface area contributed by atoms with Gasteiger partial charge in [-0.05, 0) is 50.2 Å². The summed E-state index contributed by atoms with van der Waals surface area (Å²) in [6.45, 7) is 4.07. The van der Waals surface area contributed by atoms with Gasteiger partial charge in [0.25, 0.3) is 11.8 Å². The Kier molecular flexibility index (Phi) is 8.99. The standard InChI is InChI=1S/C27H30N2O7/c1-6-35-20-13-11-18(12-14-20)28-26(30)17(2)36-22-10-8-7-9-21(22)27(31)29-19-15-23(32-3)25(34-5)24(16-19)33-4/h7-17H,6H2,1-5H3,(H,28,30)(H,29,31). The molecule has 2 amide bonds. The topological polar surface area (TPSA) is 104 Å². The Morgan fingerprint density at radius 3 is 2.03 bits per heavy atom. The molecule has 1 unspecified atom stereocenters. The normalized spacial score (nSPS) is 11.1. The van der Waals surface area contributed by atoms with E-state index >= 15 is 0 Å². The fraction of sp³-hybridized carbons (Fsp3) is 0.259. The summed E-state index contributed by atoms with van der Waals surface area (Å²) in [4.78, 5) is 25.8. The van der Waals surface area contributed by atoms with Crippen molar-refractivity contribution in [2.75, 3.05) is 38.6 Å². The molecule has 0 aliphatic carbocycles. The first kappa shape index (κ1) is 26.2. The third-order valence-electron chi connectivity index (χ3n) is 5.16. The van der Waals surface area contributed by atoms with E-state index in [1.807, 2.05) is 6.92 Å². The zero-order chi connectivity index (χ0) is 26.1. The summed E-state index contributed by atoms with van der Waals surface area (Å²) in [5.41, 5.74) is 1.30. The van der Waals surface area contributed by atoms with Gasteiger partial charge < -0.3 is 34.3 Å². The lowest BCUT2D eigenvalue weighted by molar-refractivity contribution is -0.122. The number of ether oxygens (including phenoxy) is 5. The average Bonchev–Trinajstić information content (AvgIpc) is 2.89. The number of hydrogen-bond donors (Lipinski definition) is 2. The Bertz CT molecular complexity index is 1170. The van der Waals surface area contributed by atoms with E-state index in [1.165, 1.54) is 21.3 Å². The van der Waals surface area contributed by atoms with Gasteiger partial charge in [-0.25, -0.2) is 0 Å².